The van der Waals surface area contributed by atoms with Gasteiger partial charge in [0.2, 0.25) is 0 Å². The van der Waals surface area contributed by atoms with Crippen LogP contribution >= 0.6 is 0 Å². The molecular weight excluding hydrogens is 206 g/mol. The van der Waals surface area contributed by atoms with E-state index in [4.69, 9.17) is 0 Å². The SMILES string of the molecule is CC.CCCCCCC1CCN(C(C)C)CC1. The first kappa shape index (κ1) is 17.0. The summed E-state index contributed by atoms with van der Waals surface area (Å²) in [5.41, 5.74) is 0. The first-order chi connectivity index (χ1) is 8.24. The highest BCUT2D eigenvalue weighted by Gasteiger charge is 2.19. The zero-order valence-electron chi connectivity index (χ0n) is 13.0. The van der Waals surface area contributed by atoms with Crippen molar-refractivity contribution in [2.24, 2.45) is 5.92 Å². The van der Waals surface area contributed by atoms with Gasteiger partial charge in [0.1, 0.15) is 0 Å². The number of rotatable bonds is 6. The highest BCUT2D eigenvalue weighted by Crippen LogP contribution is 2.23. The monoisotopic (exact) mass is 241 g/mol. The maximum absolute atomic E-state index is 2.63. The van der Waals surface area contributed by atoms with Crippen molar-refractivity contribution < 1.29 is 0 Å². The van der Waals surface area contributed by atoms with Gasteiger partial charge < -0.3 is 4.90 Å². The quantitative estimate of drug-likeness (QED) is 0.585. The molecule has 0 amide bonds. The molecule has 104 valence electrons. The zero-order valence-corrected chi connectivity index (χ0v) is 13.0. The Balaban J connectivity index is 0.00000121. The maximum atomic E-state index is 2.63. The summed E-state index contributed by atoms with van der Waals surface area (Å²) >= 11 is 0. The van der Waals surface area contributed by atoms with E-state index in [9.17, 15) is 0 Å². The van der Waals surface area contributed by atoms with Crippen molar-refractivity contribution in [1.82, 2.24) is 4.90 Å². The highest BCUT2D eigenvalue weighted by atomic mass is 15.1. The van der Waals surface area contributed by atoms with Crippen molar-refractivity contribution in [2.75, 3.05) is 13.1 Å². The summed E-state index contributed by atoms with van der Waals surface area (Å²) in [7, 11) is 0. The second-order valence-electron chi connectivity index (χ2n) is 5.42. The second kappa shape index (κ2) is 11.1. The van der Waals surface area contributed by atoms with Crippen LogP contribution in [0.1, 0.15) is 79.6 Å². The molecule has 0 saturated carbocycles. The Morgan fingerprint density at radius 1 is 1.00 bits per heavy atom. The molecule has 17 heavy (non-hydrogen) atoms. The Bertz CT molecular complexity index is 146. The summed E-state index contributed by atoms with van der Waals surface area (Å²) in [6.45, 7) is 13.6. The van der Waals surface area contributed by atoms with E-state index < -0.39 is 0 Å². The summed E-state index contributed by atoms with van der Waals surface area (Å²) in [6, 6.07) is 0.756. The molecule has 0 bridgehead atoms. The third-order valence-electron chi connectivity index (χ3n) is 3.85. The Labute approximate surface area is 110 Å². The van der Waals surface area contributed by atoms with Crippen LogP contribution in [0.5, 0.6) is 0 Å². The van der Waals surface area contributed by atoms with Gasteiger partial charge in [0.15, 0.2) is 0 Å². The first-order valence-electron chi connectivity index (χ1n) is 7.98. The Morgan fingerprint density at radius 3 is 2.06 bits per heavy atom. The van der Waals surface area contributed by atoms with Crippen LogP contribution < -0.4 is 0 Å². The molecule has 1 nitrogen and oxygen atoms in total. The lowest BCUT2D eigenvalue weighted by molar-refractivity contribution is 0.144. The molecule has 1 fully saturated rings. The molecule has 1 heterocycles. The van der Waals surface area contributed by atoms with Crippen LogP contribution in [0.25, 0.3) is 0 Å². The van der Waals surface area contributed by atoms with E-state index in [-0.39, 0.29) is 0 Å². The molecule has 1 aliphatic rings. The summed E-state index contributed by atoms with van der Waals surface area (Å²) in [4.78, 5) is 2.63. The Morgan fingerprint density at radius 2 is 1.59 bits per heavy atom. The fourth-order valence-electron chi connectivity index (χ4n) is 2.62. The minimum Gasteiger partial charge on any atom is -0.301 e. The van der Waals surface area contributed by atoms with Crippen LogP contribution in [0, 0.1) is 5.92 Å². The predicted octanol–water partition coefficient (Wildman–Crippen LogP) is 5.10. The third-order valence-corrected chi connectivity index (χ3v) is 3.85. The maximum Gasteiger partial charge on any atom is 0.00385 e. The third kappa shape index (κ3) is 7.81. The molecule has 0 spiro atoms. The van der Waals surface area contributed by atoms with E-state index in [0.29, 0.717) is 0 Å². The first-order valence-corrected chi connectivity index (χ1v) is 7.98. The summed E-state index contributed by atoms with van der Waals surface area (Å²) in [5, 5.41) is 0. The minimum atomic E-state index is 0.756. The summed E-state index contributed by atoms with van der Waals surface area (Å²) in [5.74, 6) is 1.04. The van der Waals surface area contributed by atoms with Crippen molar-refractivity contribution in [3.8, 4) is 0 Å². The molecule has 0 unspecified atom stereocenters. The zero-order chi connectivity index (χ0) is 13.1. The van der Waals surface area contributed by atoms with Crippen molar-refractivity contribution >= 4 is 0 Å². The average Bonchev–Trinajstić information content (AvgIpc) is 2.38. The highest BCUT2D eigenvalue weighted by molar-refractivity contribution is 4.74. The fraction of sp³-hybridized carbons (Fsp3) is 1.00. The van der Waals surface area contributed by atoms with Crippen molar-refractivity contribution in [1.29, 1.82) is 0 Å². The lowest BCUT2D eigenvalue weighted by atomic mass is 9.90. The molecule has 0 aromatic carbocycles. The number of unbranched alkanes of at least 4 members (excludes halogenated alkanes) is 3. The molecule has 0 aromatic heterocycles. The lowest BCUT2D eigenvalue weighted by Gasteiger charge is -2.34. The van der Waals surface area contributed by atoms with Gasteiger partial charge in [-0.3, -0.25) is 0 Å². The molecular formula is C16H35N. The van der Waals surface area contributed by atoms with Gasteiger partial charge in [-0.05, 0) is 45.7 Å². The molecule has 1 rings (SSSR count). The smallest absolute Gasteiger partial charge is 0.00385 e. The van der Waals surface area contributed by atoms with Crippen LogP contribution in [0.2, 0.25) is 0 Å². The van der Waals surface area contributed by atoms with Crippen LogP contribution in [0.3, 0.4) is 0 Å². The molecule has 1 heteroatoms. The van der Waals surface area contributed by atoms with E-state index in [0.717, 1.165) is 12.0 Å². The average molecular weight is 241 g/mol. The minimum absolute atomic E-state index is 0.756. The van der Waals surface area contributed by atoms with E-state index in [1.807, 2.05) is 13.8 Å². The normalized spacial score (nSPS) is 18.0. The van der Waals surface area contributed by atoms with Crippen LogP contribution in [-0.4, -0.2) is 24.0 Å². The number of likely N-dealkylation sites (tertiary alicyclic amines) is 1. The largest absolute Gasteiger partial charge is 0.301 e. The van der Waals surface area contributed by atoms with E-state index in [1.165, 1.54) is 58.0 Å². The van der Waals surface area contributed by atoms with Gasteiger partial charge in [0.25, 0.3) is 0 Å². The van der Waals surface area contributed by atoms with Gasteiger partial charge in [-0.15, -0.1) is 0 Å². The van der Waals surface area contributed by atoms with Crippen LogP contribution in [0.4, 0.5) is 0 Å². The summed E-state index contributed by atoms with van der Waals surface area (Å²) in [6.07, 6.45) is 10.1. The fourth-order valence-corrected chi connectivity index (χ4v) is 2.62. The van der Waals surface area contributed by atoms with Gasteiger partial charge in [-0.25, -0.2) is 0 Å². The van der Waals surface area contributed by atoms with Gasteiger partial charge in [0, 0.05) is 6.04 Å². The molecule has 1 aliphatic heterocycles. The van der Waals surface area contributed by atoms with Gasteiger partial charge in [-0.1, -0.05) is 52.9 Å². The van der Waals surface area contributed by atoms with Gasteiger partial charge in [0.05, 0.1) is 0 Å². The number of hydrogen-bond donors (Lipinski definition) is 0. The molecule has 0 aromatic rings. The lowest BCUT2D eigenvalue weighted by Crippen LogP contribution is -2.38. The topological polar surface area (TPSA) is 3.24 Å². The second-order valence-corrected chi connectivity index (χ2v) is 5.42. The summed E-state index contributed by atoms with van der Waals surface area (Å²) < 4.78 is 0. The number of nitrogens with zero attached hydrogens (tertiary/aromatic N) is 1. The van der Waals surface area contributed by atoms with Crippen molar-refractivity contribution in [3.63, 3.8) is 0 Å². The number of hydrogen-bond acceptors (Lipinski definition) is 1. The number of piperidine rings is 1. The van der Waals surface area contributed by atoms with E-state index in [2.05, 4.69) is 25.7 Å². The predicted molar refractivity (Wildman–Crippen MR) is 79.5 cm³/mol. The van der Waals surface area contributed by atoms with Gasteiger partial charge in [-0.2, -0.15) is 0 Å². The van der Waals surface area contributed by atoms with E-state index in [1.54, 1.807) is 0 Å². The Hall–Kier alpha value is -0.0400. The van der Waals surface area contributed by atoms with Crippen molar-refractivity contribution in [3.05, 3.63) is 0 Å². The molecule has 1 saturated heterocycles. The van der Waals surface area contributed by atoms with Gasteiger partial charge >= 0.3 is 0 Å². The molecule has 0 atom stereocenters. The molecule has 0 N–H and O–H groups in total. The van der Waals surface area contributed by atoms with Crippen molar-refractivity contribution in [2.45, 2.75) is 85.6 Å². The molecule has 0 radical (unpaired) electrons. The van der Waals surface area contributed by atoms with Crippen LogP contribution in [0.15, 0.2) is 0 Å². The van der Waals surface area contributed by atoms with Crippen LogP contribution in [-0.2, 0) is 0 Å². The Kier molecular flexibility index (Phi) is 11.0. The molecule has 0 aliphatic carbocycles. The standard InChI is InChI=1S/C14H29N.C2H6/c1-4-5-6-7-8-14-9-11-15(12-10-14)13(2)3;1-2/h13-14H,4-12H2,1-3H3;1-2H3. The van der Waals surface area contributed by atoms with E-state index >= 15 is 0 Å².